The average Bonchev–Trinajstić information content (AvgIpc) is 3.03. The normalized spacial score (nSPS) is 15.4. The number of carbonyl (C=O) groups is 1. The second kappa shape index (κ2) is 9.18. The predicted octanol–water partition coefficient (Wildman–Crippen LogP) is 4.43. The number of benzene rings is 1. The van der Waals surface area contributed by atoms with Crippen LogP contribution < -0.4 is 0 Å². The van der Waals surface area contributed by atoms with E-state index in [2.05, 4.69) is 15.3 Å². The Labute approximate surface area is 168 Å². The van der Waals surface area contributed by atoms with Gasteiger partial charge in [0.15, 0.2) is 0 Å². The molecule has 0 unspecified atom stereocenters. The van der Waals surface area contributed by atoms with Crippen molar-refractivity contribution >= 4 is 40.4 Å². The van der Waals surface area contributed by atoms with Crippen LogP contribution in [0.25, 0.3) is 0 Å². The third-order valence-corrected chi connectivity index (χ3v) is 6.18. The Morgan fingerprint density at radius 1 is 1.19 bits per heavy atom. The summed E-state index contributed by atoms with van der Waals surface area (Å²) in [7, 11) is 0. The summed E-state index contributed by atoms with van der Waals surface area (Å²) >= 11 is 13.7. The highest BCUT2D eigenvalue weighted by atomic mass is 35.5. The minimum absolute atomic E-state index is 0.245. The van der Waals surface area contributed by atoms with Gasteiger partial charge in [0.25, 0.3) is 0 Å². The first kappa shape index (κ1) is 19.6. The molecule has 2 aromatic rings. The lowest BCUT2D eigenvalue weighted by Crippen LogP contribution is -2.48. The maximum absolute atomic E-state index is 12.4. The summed E-state index contributed by atoms with van der Waals surface area (Å²) in [5.74, 6) is 0.245. The first-order valence-corrected chi connectivity index (χ1v) is 10.5. The molecule has 1 aliphatic heterocycles. The number of carbonyl (C=O) groups excluding carboxylic acids is 1. The molecule has 1 aliphatic rings. The Bertz CT molecular complexity index is 757. The van der Waals surface area contributed by atoms with Gasteiger partial charge in [0, 0.05) is 44.5 Å². The van der Waals surface area contributed by atoms with Gasteiger partial charge in [-0.05, 0) is 37.5 Å². The molecule has 0 atom stereocenters. The molecule has 1 aromatic heterocycles. The van der Waals surface area contributed by atoms with Gasteiger partial charge >= 0.3 is 0 Å². The number of thiazole rings is 1. The van der Waals surface area contributed by atoms with Gasteiger partial charge in [-0.3, -0.25) is 9.69 Å². The van der Waals surface area contributed by atoms with E-state index < -0.39 is 0 Å². The fourth-order valence-corrected chi connectivity index (χ4v) is 4.09. The van der Waals surface area contributed by atoms with Crippen LogP contribution in [0.5, 0.6) is 0 Å². The summed E-state index contributed by atoms with van der Waals surface area (Å²) < 4.78 is 0. The van der Waals surface area contributed by atoms with Gasteiger partial charge in [-0.1, -0.05) is 29.3 Å². The number of rotatable bonds is 6. The van der Waals surface area contributed by atoms with E-state index in [0.717, 1.165) is 61.8 Å². The van der Waals surface area contributed by atoms with Crippen molar-refractivity contribution in [2.75, 3.05) is 26.2 Å². The van der Waals surface area contributed by atoms with Crippen molar-refractivity contribution in [2.45, 2.75) is 32.7 Å². The quantitative estimate of drug-likeness (QED) is 0.705. The monoisotopic (exact) mass is 411 g/mol. The van der Waals surface area contributed by atoms with Crippen LogP contribution in [0.3, 0.4) is 0 Å². The predicted molar refractivity (Wildman–Crippen MR) is 108 cm³/mol. The second-order valence-corrected chi connectivity index (χ2v) is 8.49. The van der Waals surface area contributed by atoms with E-state index in [-0.39, 0.29) is 5.91 Å². The SMILES string of the molecule is Cc1nc(CN2CCN(C(=O)CCCc3ccc(Cl)c(Cl)c3)CC2)cs1. The zero-order valence-corrected chi connectivity index (χ0v) is 17.2. The summed E-state index contributed by atoms with van der Waals surface area (Å²) in [5, 5.41) is 4.37. The van der Waals surface area contributed by atoms with E-state index >= 15 is 0 Å². The zero-order chi connectivity index (χ0) is 18.5. The fourth-order valence-electron chi connectivity index (χ4n) is 3.16. The Balaban J connectivity index is 1.38. The van der Waals surface area contributed by atoms with Crippen molar-refractivity contribution in [1.29, 1.82) is 0 Å². The Kier molecular flexibility index (Phi) is 6.92. The Morgan fingerprint density at radius 2 is 1.96 bits per heavy atom. The number of aromatic nitrogens is 1. The zero-order valence-electron chi connectivity index (χ0n) is 14.9. The van der Waals surface area contributed by atoms with Gasteiger partial charge in [0.05, 0.1) is 20.7 Å². The van der Waals surface area contributed by atoms with E-state index in [1.165, 1.54) is 0 Å². The Hall–Kier alpha value is -1.14. The maximum atomic E-state index is 12.4. The molecular weight excluding hydrogens is 389 g/mol. The lowest BCUT2D eigenvalue weighted by Gasteiger charge is -2.34. The van der Waals surface area contributed by atoms with E-state index in [0.29, 0.717) is 16.5 Å². The average molecular weight is 412 g/mol. The molecule has 0 aliphatic carbocycles. The van der Waals surface area contributed by atoms with Gasteiger partial charge in [0.1, 0.15) is 0 Å². The lowest BCUT2D eigenvalue weighted by molar-refractivity contribution is -0.133. The summed E-state index contributed by atoms with van der Waals surface area (Å²) in [5.41, 5.74) is 2.25. The van der Waals surface area contributed by atoms with E-state index in [1.54, 1.807) is 11.3 Å². The molecule has 0 radical (unpaired) electrons. The van der Waals surface area contributed by atoms with Crippen molar-refractivity contribution in [3.63, 3.8) is 0 Å². The molecule has 0 N–H and O–H groups in total. The molecule has 3 rings (SSSR count). The summed E-state index contributed by atoms with van der Waals surface area (Å²) in [4.78, 5) is 21.3. The molecule has 1 saturated heterocycles. The van der Waals surface area contributed by atoms with E-state index in [9.17, 15) is 4.79 Å². The molecule has 0 bridgehead atoms. The molecule has 140 valence electrons. The van der Waals surface area contributed by atoms with Crippen LogP contribution in [-0.4, -0.2) is 46.9 Å². The van der Waals surface area contributed by atoms with Gasteiger partial charge < -0.3 is 4.90 Å². The van der Waals surface area contributed by atoms with Crippen molar-refractivity contribution in [2.24, 2.45) is 0 Å². The molecule has 26 heavy (non-hydrogen) atoms. The number of aryl methyl sites for hydroxylation is 2. The van der Waals surface area contributed by atoms with Crippen LogP contribution in [0, 0.1) is 6.92 Å². The molecule has 0 spiro atoms. The molecule has 2 heterocycles. The Morgan fingerprint density at radius 3 is 2.62 bits per heavy atom. The molecule has 4 nitrogen and oxygen atoms in total. The van der Waals surface area contributed by atoms with Crippen LogP contribution in [0.15, 0.2) is 23.6 Å². The van der Waals surface area contributed by atoms with Crippen LogP contribution in [0.4, 0.5) is 0 Å². The minimum Gasteiger partial charge on any atom is -0.340 e. The highest BCUT2D eigenvalue weighted by molar-refractivity contribution is 7.09. The van der Waals surface area contributed by atoms with Crippen LogP contribution in [0.2, 0.25) is 10.0 Å². The standard InChI is InChI=1S/C19H23Cl2N3OS/c1-14-22-16(13-26-14)12-23-7-9-24(10-8-23)19(25)4-2-3-15-5-6-17(20)18(21)11-15/h5-6,11,13H,2-4,7-10,12H2,1H3. The highest BCUT2D eigenvalue weighted by Crippen LogP contribution is 2.23. The number of hydrogen-bond donors (Lipinski definition) is 0. The van der Waals surface area contributed by atoms with Crippen LogP contribution >= 0.6 is 34.5 Å². The summed E-state index contributed by atoms with van der Waals surface area (Å²) in [6.07, 6.45) is 2.24. The largest absolute Gasteiger partial charge is 0.340 e. The van der Waals surface area contributed by atoms with Crippen molar-refractivity contribution in [1.82, 2.24) is 14.8 Å². The van der Waals surface area contributed by atoms with Crippen molar-refractivity contribution < 1.29 is 4.79 Å². The van der Waals surface area contributed by atoms with Crippen LogP contribution in [0.1, 0.15) is 29.1 Å². The number of halogens is 2. The van der Waals surface area contributed by atoms with Crippen molar-refractivity contribution in [3.8, 4) is 0 Å². The number of amides is 1. The first-order valence-electron chi connectivity index (χ1n) is 8.86. The third kappa shape index (κ3) is 5.43. The molecule has 1 aromatic carbocycles. The van der Waals surface area contributed by atoms with Crippen molar-refractivity contribution in [3.05, 3.63) is 49.9 Å². The van der Waals surface area contributed by atoms with Crippen LogP contribution in [-0.2, 0) is 17.8 Å². The highest BCUT2D eigenvalue weighted by Gasteiger charge is 2.21. The molecule has 1 fully saturated rings. The lowest BCUT2D eigenvalue weighted by atomic mass is 10.1. The van der Waals surface area contributed by atoms with Gasteiger partial charge in [-0.15, -0.1) is 11.3 Å². The second-order valence-electron chi connectivity index (χ2n) is 6.62. The fraction of sp³-hybridized carbons (Fsp3) is 0.474. The first-order chi connectivity index (χ1) is 12.5. The maximum Gasteiger partial charge on any atom is 0.222 e. The molecule has 7 heteroatoms. The van der Waals surface area contributed by atoms with Gasteiger partial charge in [-0.2, -0.15) is 0 Å². The smallest absolute Gasteiger partial charge is 0.222 e. The third-order valence-electron chi connectivity index (χ3n) is 4.62. The minimum atomic E-state index is 0.245. The summed E-state index contributed by atoms with van der Waals surface area (Å²) in [6.45, 7) is 6.33. The number of piperazine rings is 1. The molecule has 1 amide bonds. The number of nitrogens with zero attached hydrogens (tertiary/aromatic N) is 3. The van der Waals surface area contributed by atoms with E-state index in [4.69, 9.17) is 23.2 Å². The number of hydrogen-bond acceptors (Lipinski definition) is 4. The van der Waals surface area contributed by atoms with E-state index in [1.807, 2.05) is 30.0 Å². The molecular formula is C19H23Cl2N3OS. The topological polar surface area (TPSA) is 36.4 Å². The molecule has 0 saturated carbocycles. The summed E-state index contributed by atoms with van der Waals surface area (Å²) in [6, 6.07) is 5.66. The van der Waals surface area contributed by atoms with Gasteiger partial charge in [0.2, 0.25) is 5.91 Å². The van der Waals surface area contributed by atoms with Gasteiger partial charge in [-0.25, -0.2) is 4.98 Å².